The quantitative estimate of drug-likeness (QED) is 0.624. The fraction of sp³-hybridized carbons (Fsp3) is 0.476. The van der Waals surface area contributed by atoms with Gasteiger partial charge in [0, 0.05) is 37.9 Å². The van der Waals surface area contributed by atoms with Crippen molar-refractivity contribution in [2.24, 2.45) is 0 Å². The Kier molecular flexibility index (Phi) is 7.37. The van der Waals surface area contributed by atoms with Crippen LogP contribution in [0.4, 0.5) is 5.69 Å². The maximum absolute atomic E-state index is 13.0. The Hall–Kier alpha value is -2.71. The highest BCUT2D eigenvalue weighted by Gasteiger charge is 2.25. The lowest BCUT2D eigenvalue weighted by Crippen LogP contribution is -2.50. The number of carbonyl (C=O) groups excluding carboxylic acids is 2. The summed E-state index contributed by atoms with van der Waals surface area (Å²) in [6, 6.07) is 11.2. The van der Waals surface area contributed by atoms with E-state index in [1.54, 1.807) is 6.92 Å². The number of aryl methyl sites for hydroxylation is 1. The molecule has 0 bridgehead atoms. The lowest BCUT2D eigenvalue weighted by atomic mass is 10.2. The molecule has 29 heavy (non-hydrogen) atoms. The fourth-order valence-electron chi connectivity index (χ4n) is 3.36. The maximum atomic E-state index is 13.0. The van der Waals surface area contributed by atoms with Gasteiger partial charge in [-0.2, -0.15) is 0 Å². The summed E-state index contributed by atoms with van der Waals surface area (Å²) in [6.07, 6.45) is 0. The Labute approximate surface area is 171 Å². The molecule has 0 atom stereocenters. The van der Waals surface area contributed by atoms with E-state index in [9.17, 15) is 9.59 Å². The Morgan fingerprint density at radius 1 is 1.14 bits per heavy atom. The molecule has 2 heterocycles. The van der Waals surface area contributed by atoms with E-state index in [-0.39, 0.29) is 19.0 Å². The average molecular weight is 400 g/mol. The molecule has 1 aliphatic heterocycles. The van der Waals surface area contributed by atoms with Gasteiger partial charge in [0.05, 0.1) is 25.4 Å². The third kappa shape index (κ3) is 6.13. The number of carbonyl (C=O) groups is 2. The lowest BCUT2D eigenvalue weighted by molar-refractivity contribution is -0.142. The molecule has 0 spiro atoms. The van der Waals surface area contributed by atoms with E-state index >= 15 is 0 Å². The highest BCUT2D eigenvalue weighted by atomic mass is 16.5. The van der Waals surface area contributed by atoms with E-state index in [2.05, 4.69) is 15.0 Å². The Bertz CT molecular complexity index is 800. The van der Waals surface area contributed by atoms with Gasteiger partial charge >= 0.3 is 5.97 Å². The molecule has 1 amide bonds. The van der Waals surface area contributed by atoms with Gasteiger partial charge in [-0.15, -0.1) is 0 Å². The van der Waals surface area contributed by atoms with Gasteiger partial charge in [-0.1, -0.05) is 23.4 Å². The highest BCUT2D eigenvalue weighted by Crippen LogP contribution is 2.15. The largest absolute Gasteiger partial charge is 0.465 e. The first-order chi connectivity index (χ1) is 14.0. The van der Waals surface area contributed by atoms with Crippen LogP contribution in [0.25, 0.3) is 0 Å². The maximum Gasteiger partial charge on any atom is 0.326 e. The second-order valence-electron chi connectivity index (χ2n) is 7.11. The number of ether oxygens (including phenoxy) is 1. The van der Waals surface area contributed by atoms with Crippen LogP contribution in [0.5, 0.6) is 0 Å². The first-order valence-corrected chi connectivity index (χ1v) is 9.93. The fourth-order valence-corrected chi connectivity index (χ4v) is 3.36. The van der Waals surface area contributed by atoms with E-state index in [0.717, 1.165) is 44.2 Å². The molecule has 0 unspecified atom stereocenters. The summed E-state index contributed by atoms with van der Waals surface area (Å²) >= 11 is 0. The van der Waals surface area contributed by atoms with Gasteiger partial charge in [-0.3, -0.25) is 19.4 Å². The van der Waals surface area contributed by atoms with Crippen LogP contribution < -0.4 is 4.90 Å². The van der Waals surface area contributed by atoms with Crippen LogP contribution in [-0.4, -0.2) is 72.7 Å². The van der Waals surface area contributed by atoms with Gasteiger partial charge in [0.2, 0.25) is 5.91 Å². The number of rotatable bonds is 8. The SMILES string of the molecule is CCOC(=O)CN(C(=O)CN1CCN(Cc2cc(C)no2)CC1)c1ccccc1. The Morgan fingerprint density at radius 2 is 1.83 bits per heavy atom. The second kappa shape index (κ2) is 10.2. The van der Waals surface area contributed by atoms with Crippen LogP contribution in [0.15, 0.2) is 40.9 Å². The number of anilines is 1. The van der Waals surface area contributed by atoms with Crippen LogP contribution in [0.1, 0.15) is 18.4 Å². The van der Waals surface area contributed by atoms with Crippen molar-refractivity contribution in [1.29, 1.82) is 0 Å². The van der Waals surface area contributed by atoms with Crippen LogP contribution >= 0.6 is 0 Å². The molecule has 156 valence electrons. The van der Waals surface area contributed by atoms with Crippen molar-refractivity contribution in [3.05, 3.63) is 47.9 Å². The molecule has 1 aromatic heterocycles. The van der Waals surface area contributed by atoms with Crippen LogP contribution in [0.2, 0.25) is 0 Å². The minimum atomic E-state index is -0.406. The molecule has 1 aromatic carbocycles. The smallest absolute Gasteiger partial charge is 0.326 e. The van der Waals surface area contributed by atoms with E-state index in [1.165, 1.54) is 4.90 Å². The van der Waals surface area contributed by atoms with Crippen LogP contribution in [0, 0.1) is 6.92 Å². The molecular weight excluding hydrogens is 372 g/mol. The predicted octanol–water partition coefficient (Wildman–Crippen LogP) is 1.70. The first-order valence-electron chi connectivity index (χ1n) is 9.93. The molecule has 0 aliphatic carbocycles. The summed E-state index contributed by atoms with van der Waals surface area (Å²) in [6.45, 7) is 8.11. The standard InChI is InChI=1S/C21H28N4O4/c1-3-28-21(27)16-25(18-7-5-4-6-8-18)20(26)15-24-11-9-23(10-12-24)14-19-13-17(2)22-29-19/h4-8,13H,3,9-12,14-16H2,1-2H3. The topological polar surface area (TPSA) is 79.1 Å². The molecule has 0 saturated carbocycles. The van der Waals surface area contributed by atoms with Crippen molar-refractivity contribution in [3.63, 3.8) is 0 Å². The molecule has 8 nitrogen and oxygen atoms in total. The molecule has 0 N–H and O–H groups in total. The summed E-state index contributed by atoms with van der Waals surface area (Å²) in [5, 5.41) is 3.92. The third-order valence-corrected chi connectivity index (χ3v) is 4.84. The Morgan fingerprint density at radius 3 is 2.45 bits per heavy atom. The normalized spacial score (nSPS) is 15.2. The summed E-state index contributed by atoms with van der Waals surface area (Å²) in [7, 11) is 0. The monoisotopic (exact) mass is 400 g/mol. The molecule has 3 rings (SSSR count). The number of benzene rings is 1. The minimum absolute atomic E-state index is 0.0818. The summed E-state index contributed by atoms with van der Waals surface area (Å²) in [4.78, 5) is 30.9. The first kappa shape index (κ1) is 21.0. The van der Waals surface area contributed by atoms with Gasteiger partial charge in [-0.05, 0) is 26.0 Å². The molecule has 0 radical (unpaired) electrons. The number of amides is 1. The predicted molar refractivity (Wildman–Crippen MR) is 108 cm³/mol. The van der Waals surface area contributed by atoms with Crippen molar-refractivity contribution >= 4 is 17.6 Å². The number of hydrogen-bond acceptors (Lipinski definition) is 7. The molecule has 2 aromatic rings. The number of aromatic nitrogens is 1. The zero-order valence-electron chi connectivity index (χ0n) is 17.0. The highest BCUT2D eigenvalue weighted by molar-refractivity contribution is 5.98. The van der Waals surface area contributed by atoms with Crippen molar-refractivity contribution < 1.29 is 18.8 Å². The van der Waals surface area contributed by atoms with E-state index in [1.807, 2.05) is 43.3 Å². The average Bonchev–Trinajstić information content (AvgIpc) is 3.13. The van der Waals surface area contributed by atoms with Gasteiger partial charge < -0.3 is 14.2 Å². The zero-order chi connectivity index (χ0) is 20.6. The molecule has 1 saturated heterocycles. The van der Waals surface area contributed by atoms with E-state index in [0.29, 0.717) is 12.3 Å². The van der Waals surface area contributed by atoms with Crippen molar-refractivity contribution in [2.45, 2.75) is 20.4 Å². The number of hydrogen-bond donors (Lipinski definition) is 0. The minimum Gasteiger partial charge on any atom is -0.465 e. The number of nitrogens with zero attached hydrogens (tertiary/aromatic N) is 4. The molecule has 1 fully saturated rings. The van der Waals surface area contributed by atoms with Crippen molar-refractivity contribution in [3.8, 4) is 0 Å². The molecule has 8 heteroatoms. The van der Waals surface area contributed by atoms with Gasteiger partial charge in [0.15, 0.2) is 5.76 Å². The summed E-state index contributed by atoms with van der Waals surface area (Å²) < 4.78 is 10.3. The second-order valence-corrected chi connectivity index (χ2v) is 7.11. The third-order valence-electron chi connectivity index (χ3n) is 4.84. The van der Waals surface area contributed by atoms with Crippen LogP contribution in [0.3, 0.4) is 0 Å². The van der Waals surface area contributed by atoms with E-state index < -0.39 is 5.97 Å². The number of piperazine rings is 1. The van der Waals surface area contributed by atoms with E-state index in [4.69, 9.17) is 9.26 Å². The Balaban J connectivity index is 1.54. The van der Waals surface area contributed by atoms with Gasteiger partial charge in [-0.25, -0.2) is 0 Å². The molecule has 1 aliphatic rings. The summed E-state index contributed by atoms with van der Waals surface area (Å²) in [5.41, 5.74) is 1.58. The van der Waals surface area contributed by atoms with Crippen LogP contribution in [-0.2, 0) is 20.9 Å². The van der Waals surface area contributed by atoms with Gasteiger partial charge in [0.1, 0.15) is 6.54 Å². The van der Waals surface area contributed by atoms with Gasteiger partial charge in [0.25, 0.3) is 0 Å². The summed E-state index contributed by atoms with van der Waals surface area (Å²) in [5.74, 6) is 0.345. The number of para-hydroxylation sites is 1. The lowest BCUT2D eigenvalue weighted by Gasteiger charge is -2.34. The van der Waals surface area contributed by atoms with Crippen molar-refractivity contribution in [2.75, 3.05) is 50.8 Å². The van der Waals surface area contributed by atoms with Crippen molar-refractivity contribution in [1.82, 2.24) is 15.0 Å². The zero-order valence-corrected chi connectivity index (χ0v) is 17.0. The molecular formula is C21H28N4O4. The number of esters is 1.